The van der Waals surface area contributed by atoms with Crippen molar-refractivity contribution in [3.8, 4) is 0 Å². The van der Waals surface area contributed by atoms with Gasteiger partial charge in [0, 0.05) is 20.0 Å². The summed E-state index contributed by atoms with van der Waals surface area (Å²) < 4.78 is 0. The first-order valence-corrected chi connectivity index (χ1v) is 7.12. The number of thiazole rings is 1. The van der Waals surface area contributed by atoms with Gasteiger partial charge in [-0.3, -0.25) is 4.79 Å². The van der Waals surface area contributed by atoms with E-state index in [0.29, 0.717) is 5.13 Å². The summed E-state index contributed by atoms with van der Waals surface area (Å²) in [7, 11) is 0. The smallest absolute Gasteiger partial charge is 0.356 e. The summed E-state index contributed by atoms with van der Waals surface area (Å²) in [5.41, 5.74) is 0.0832. The third kappa shape index (κ3) is 2.94. The lowest BCUT2D eigenvalue weighted by atomic mass is 9.84. The van der Waals surface area contributed by atoms with E-state index in [1.807, 2.05) is 0 Å². The third-order valence-corrected chi connectivity index (χ3v) is 4.53. The molecule has 0 radical (unpaired) electrons. The van der Waals surface area contributed by atoms with Crippen LogP contribution in [0.5, 0.6) is 0 Å². The lowest BCUT2D eigenvalue weighted by Gasteiger charge is -2.37. The Balaban J connectivity index is 2.33. The summed E-state index contributed by atoms with van der Waals surface area (Å²) in [4.78, 5) is 29.1. The van der Waals surface area contributed by atoms with E-state index in [-0.39, 0.29) is 21.8 Å². The van der Waals surface area contributed by atoms with Crippen LogP contribution in [0.4, 0.5) is 5.13 Å². The van der Waals surface area contributed by atoms with Gasteiger partial charge in [-0.2, -0.15) is 0 Å². The monoisotopic (exact) mass is 282 g/mol. The van der Waals surface area contributed by atoms with Gasteiger partial charge >= 0.3 is 5.97 Å². The second kappa shape index (κ2) is 4.92. The van der Waals surface area contributed by atoms with Crippen LogP contribution in [0, 0.1) is 5.41 Å². The van der Waals surface area contributed by atoms with Gasteiger partial charge in [-0.25, -0.2) is 9.78 Å². The molecule has 1 aliphatic rings. The molecule has 6 heteroatoms. The molecular formula is C13H18N2O3S. The Hall–Kier alpha value is -1.43. The summed E-state index contributed by atoms with van der Waals surface area (Å²) in [5, 5.41) is 9.75. The third-order valence-electron chi connectivity index (χ3n) is 3.31. The van der Waals surface area contributed by atoms with Crippen LogP contribution in [0.2, 0.25) is 0 Å². The molecule has 0 aromatic carbocycles. The van der Waals surface area contributed by atoms with Gasteiger partial charge in [0.05, 0.1) is 0 Å². The molecule has 5 nitrogen and oxygen atoms in total. The molecule has 0 saturated carbocycles. The predicted octanol–water partition coefficient (Wildman–Crippen LogP) is 2.67. The van der Waals surface area contributed by atoms with Crippen molar-refractivity contribution in [1.29, 1.82) is 0 Å². The molecule has 0 bridgehead atoms. The lowest BCUT2D eigenvalue weighted by molar-refractivity contribution is 0.0687. The Kier molecular flexibility index (Phi) is 3.62. The van der Waals surface area contributed by atoms with Crippen molar-refractivity contribution in [2.24, 2.45) is 5.41 Å². The summed E-state index contributed by atoms with van der Waals surface area (Å²) in [6.45, 7) is 7.47. The Morgan fingerprint density at radius 1 is 1.42 bits per heavy atom. The Bertz CT molecular complexity index is 490. The van der Waals surface area contributed by atoms with E-state index in [1.54, 1.807) is 0 Å². The average Bonchev–Trinajstić information content (AvgIpc) is 2.72. The van der Waals surface area contributed by atoms with E-state index in [4.69, 9.17) is 5.11 Å². The first-order valence-electron chi connectivity index (χ1n) is 6.30. The number of hydrogen-bond acceptors (Lipinski definition) is 5. The molecule has 2 heterocycles. The van der Waals surface area contributed by atoms with Gasteiger partial charge in [0.25, 0.3) is 0 Å². The topological polar surface area (TPSA) is 70.5 Å². The summed E-state index contributed by atoms with van der Waals surface area (Å²) in [5.74, 6) is -1.37. The zero-order valence-electron chi connectivity index (χ0n) is 11.4. The van der Waals surface area contributed by atoms with Crippen LogP contribution in [0.15, 0.2) is 0 Å². The van der Waals surface area contributed by atoms with Crippen LogP contribution >= 0.6 is 11.3 Å². The van der Waals surface area contributed by atoms with Crippen LogP contribution in [0.1, 0.15) is 53.8 Å². The number of carboxylic acids is 1. The first-order chi connectivity index (χ1) is 8.80. The number of carbonyl (C=O) groups is 2. The molecule has 2 rings (SSSR count). The van der Waals surface area contributed by atoms with Gasteiger partial charge in [-0.1, -0.05) is 25.2 Å². The van der Waals surface area contributed by atoms with Gasteiger partial charge in [-0.15, -0.1) is 0 Å². The second-order valence-corrected chi connectivity index (χ2v) is 6.70. The minimum Gasteiger partial charge on any atom is -0.476 e. The van der Waals surface area contributed by atoms with Crippen LogP contribution in [-0.4, -0.2) is 34.9 Å². The number of Topliss-reactive ketones (excluding diaryl/α,β-unsaturated/α-hetero) is 1. The van der Waals surface area contributed by atoms with E-state index in [9.17, 15) is 9.59 Å². The number of nitrogens with zero attached hydrogens (tertiary/aromatic N) is 2. The SMILES string of the molecule is CC(=O)c1sc(N2CCCC(C)(C)C2)nc1C(=O)O. The fourth-order valence-electron chi connectivity index (χ4n) is 2.41. The maximum Gasteiger partial charge on any atom is 0.356 e. The van der Waals surface area contributed by atoms with Crippen molar-refractivity contribution >= 4 is 28.2 Å². The number of anilines is 1. The van der Waals surface area contributed by atoms with Crippen LogP contribution in [0.3, 0.4) is 0 Å². The van der Waals surface area contributed by atoms with E-state index < -0.39 is 5.97 Å². The summed E-state index contributed by atoms with van der Waals surface area (Å²) in [6, 6.07) is 0. The zero-order chi connectivity index (χ0) is 14.2. The van der Waals surface area contributed by atoms with Gasteiger partial charge in [0.2, 0.25) is 0 Å². The zero-order valence-corrected chi connectivity index (χ0v) is 12.2. The molecule has 0 aliphatic carbocycles. The van der Waals surface area contributed by atoms with Crippen molar-refractivity contribution in [3.63, 3.8) is 0 Å². The number of aromatic nitrogens is 1. The summed E-state index contributed by atoms with van der Waals surface area (Å²) in [6.07, 6.45) is 2.21. The van der Waals surface area contributed by atoms with E-state index >= 15 is 0 Å². The van der Waals surface area contributed by atoms with E-state index in [1.165, 1.54) is 18.3 Å². The van der Waals surface area contributed by atoms with Gasteiger partial charge in [0.15, 0.2) is 16.6 Å². The van der Waals surface area contributed by atoms with Crippen LogP contribution < -0.4 is 4.90 Å². The number of ketones is 1. The van der Waals surface area contributed by atoms with Gasteiger partial charge in [-0.05, 0) is 18.3 Å². The number of hydrogen-bond donors (Lipinski definition) is 1. The molecule has 0 atom stereocenters. The largest absolute Gasteiger partial charge is 0.476 e. The predicted molar refractivity (Wildman–Crippen MR) is 74.3 cm³/mol. The van der Waals surface area contributed by atoms with Crippen LogP contribution in [-0.2, 0) is 0 Å². The van der Waals surface area contributed by atoms with E-state index in [2.05, 4.69) is 23.7 Å². The molecule has 1 aliphatic heterocycles. The first kappa shape index (κ1) is 14.0. The van der Waals surface area contributed by atoms with E-state index in [0.717, 1.165) is 25.9 Å². The fraction of sp³-hybridized carbons (Fsp3) is 0.615. The number of rotatable bonds is 3. The van der Waals surface area contributed by atoms with Crippen LogP contribution in [0.25, 0.3) is 0 Å². The molecule has 1 aromatic heterocycles. The molecule has 0 spiro atoms. The standard InChI is InChI=1S/C13H18N2O3S/c1-8(16)10-9(11(17)18)14-12(19-10)15-6-4-5-13(2,3)7-15/h4-7H2,1-3H3,(H,17,18). The van der Waals surface area contributed by atoms with Crippen molar-refractivity contribution in [3.05, 3.63) is 10.6 Å². The Labute approximate surface area is 116 Å². The average molecular weight is 282 g/mol. The molecule has 1 fully saturated rings. The highest BCUT2D eigenvalue weighted by Crippen LogP contribution is 2.34. The summed E-state index contributed by atoms with van der Waals surface area (Å²) >= 11 is 1.19. The minimum atomic E-state index is -1.14. The number of carbonyl (C=O) groups excluding carboxylic acids is 1. The highest BCUT2D eigenvalue weighted by Gasteiger charge is 2.30. The normalized spacial score (nSPS) is 18.4. The van der Waals surface area contributed by atoms with Gasteiger partial charge < -0.3 is 10.0 Å². The maximum absolute atomic E-state index is 11.5. The molecule has 104 valence electrons. The fourth-order valence-corrected chi connectivity index (χ4v) is 3.39. The lowest BCUT2D eigenvalue weighted by Crippen LogP contribution is -2.40. The number of aromatic carboxylic acids is 1. The van der Waals surface area contributed by atoms with Crippen molar-refractivity contribution in [2.75, 3.05) is 18.0 Å². The molecule has 0 unspecified atom stereocenters. The Morgan fingerprint density at radius 2 is 2.11 bits per heavy atom. The van der Waals surface area contributed by atoms with Crippen molar-refractivity contribution in [1.82, 2.24) is 4.98 Å². The molecule has 1 aromatic rings. The second-order valence-electron chi connectivity index (χ2n) is 5.72. The van der Waals surface area contributed by atoms with Gasteiger partial charge in [0.1, 0.15) is 4.88 Å². The molecule has 19 heavy (non-hydrogen) atoms. The number of carboxylic acid groups (broad SMARTS) is 1. The quantitative estimate of drug-likeness (QED) is 0.863. The molecular weight excluding hydrogens is 264 g/mol. The number of piperidine rings is 1. The van der Waals surface area contributed by atoms with Crippen molar-refractivity contribution < 1.29 is 14.7 Å². The molecule has 0 amide bonds. The maximum atomic E-state index is 11.5. The minimum absolute atomic E-state index is 0.115. The highest BCUT2D eigenvalue weighted by molar-refractivity contribution is 7.17. The Morgan fingerprint density at radius 3 is 2.58 bits per heavy atom. The van der Waals surface area contributed by atoms with Crippen molar-refractivity contribution in [2.45, 2.75) is 33.6 Å². The highest BCUT2D eigenvalue weighted by atomic mass is 32.1. The molecule has 1 saturated heterocycles. The molecule has 1 N–H and O–H groups in total.